The smallest absolute Gasteiger partial charge is 0.119 e. The lowest BCUT2D eigenvalue weighted by Gasteiger charge is -2.10. The van der Waals surface area contributed by atoms with Crippen molar-refractivity contribution < 1.29 is 4.74 Å². The molecule has 0 aliphatic heterocycles. The van der Waals surface area contributed by atoms with Gasteiger partial charge < -0.3 is 10.5 Å². The zero-order valence-electron chi connectivity index (χ0n) is 12.4. The number of ether oxygens (including phenoxy) is 1. The summed E-state index contributed by atoms with van der Waals surface area (Å²) in [5, 5.41) is 0. The van der Waals surface area contributed by atoms with Crippen LogP contribution in [-0.2, 0) is 19.6 Å². The monoisotopic (exact) mass is 269 g/mol. The van der Waals surface area contributed by atoms with Crippen molar-refractivity contribution in [2.45, 2.75) is 39.8 Å². The molecule has 0 bridgehead atoms. The third-order valence-electron chi connectivity index (χ3n) is 3.50. The first-order valence-corrected chi connectivity index (χ1v) is 7.23. The Balaban J connectivity index is 1.97. The van der Waals surface area contributed by atoms with Gasteiger partial charge in [0.15, 0.2) is 0 Å². The van der Waals surface area contributed by atoms with Crippen molar-refractivity contribution in [3.05, 3.63) is 64.7 Å². The Morgan fingerprint density at radius 1 is 1.00 bits per heavy atom. The fourth-order valence-corrected chi connectivity index (χ4v) is 2.25. The molecule has 0 radical (unpaired) electrons. The van der Waals surface area contributed by atoms with E-state index in [4.69, 9.17) is 10.5 Å². The van der Waals surface area contributed by atoms with Crippen molar-refractivity contribution in [1.82, 2.24) is 0 Å². The Morgan fingerprint density at radius 3 is 2.30 bits per heavy atom. The summed E-state index contributed by atoms with van der Waals surface area (Å²) in [5.41, 5.74) is 10.6. The zero-order valence-corrected chi connectivity index (χ0v) is 12.4. The molecule has 2 rings (SSSR count). The summed E-state index contributed by atoms with van der Waals surface area (Å²) in [7, 11) is 0. The van der Waals surface area contributed by atoms with Crippen LogP contribution in [-0.4, -0.2) is 0 Å². The minimum Gasteiger partial charge on any atom is -0.489 e. The van der Waals surface area contributed by atoms with E-state index < -0.39 is 0 Å². The van der Waals surface area contributed by atoms with Crippen LogP contribution in [0.5, 0.6) is 5.75 Å². The van der Waals surface area contributed by atoms with Crippen LogP contribution >= 0.6 is 0 Å². The molecule has 2 nitrogen and oxygen atoms in total. The summed E-state index contributed by atoms with van der Waals surface area (Å²) in [6.07, 6.45) is 2.30. The van der Waals surface area contributed by atoms with Crippen molar-refractivity contribution in [3.8, 4) is 5.75 Å². The molecule has 2 aromatic rings. The van der Waals surface area contributed by atoms with Crippen LogP contribution in [0.25, 0.3) is 0 Å². The number of benzene rings is 2. The molecule has 2 aromatic carbocycles. The first-order chi connectivity index (χ1) is 9.72. The third kappa shape index (κ3) is 3.84. The largest absolute Gasteiger partial charge is 0.489 e. The molecular formula is C18H23NO. The van der Waals surface area contributed by atoms with Gasteiger partial charge in [0.05, 0.1) is 0 Å². The predicted octanol–water partition coefficient (Wildman–Crippen LogP) is 3.99. The summed E-state index contributed by atoms with van der Waals surface area (Å²) < 4.78 is 5.85. The Labute approximate surface area is 121 Å². The van der Waals surface area contributed by atoms with E-state index in [1.807, 2.05) is 0 Å². The Bertz CT molecular complexity index is 546. The van der Waals surface area contributed by atoms with Crippen LogP contribution in [0, 0.1) is 6.92 Å². The second kappa shape index (κ2) is 7.11. The van der Waals surface area contributed by atoms with Gasteiger partial charge >= 0.3 is 0 Å². The van der Waals surface area contributed by atoms with Crippen LogP contribution in [0.2, 0.25) is 0 Å². The molecule has 0 saturated heterocycles. The molecular weight excluding hydrogens is 246 g/mol. The van der Waals surface area contributed by atoms with E-state index in [0.29, 0.717) is 13.2 Å². The van der Waals surface area contributed by atoms with Gasteiger partial charge in [0.25, 0.3) is 0 Å². The lowest BCUT2D eigenvalue weighted by atomic mass is 10.1. The average molecular weight is 269 g/mol. The van der Waals surface area contributed by atoms with Crippen LogP contribution in [0.4, 0.5) is 0 Å². The average Bonchev–Trinajstić information content (AvgIpc) is 2.48. The fraction of sp³-hybridized carbons (Fsp3) is 0.333. The summed E-state index contributed by atoms with van der Waals surface area (Å²) in [5.74, 6) is 0.923. The molecule has 0 unspecified atom stereocenters. The highest BCUT2D eigenvalue weighted by atomic mass is 16.5. The predicted molar refractivity (Wildman–Crippen MR) is 83.8 cm³/mol. The number of hydrogen-bond donors (Lipinski definition) is 1. The molecule has 20 heavy (non-hydrogen) atoms. The van der Waals surface area contributed by atoms with Gasteiger partial charge in [-0.15, -0.1) is 0 Å². The molecule has 106 valence electrons. The van der Waals surface area contributed by atoms with Crippen molar-refractivity contribution in [3.63, 3.8) is 0 Å². The van der Waals surface area contributed by atoms with Gasteiger partial charge in [0, 0.05) is 6.54 Å². The highest BCUT2D eigenvalue weighted by Crippen LogP contribution is 2.17. The molecule has 0 spiro atoms. The van der Waals surface area contributed by atoms with Crippen LogP contribution in [0.3, 0.4) is 0 Å². The lowest BCUT2D eigenvalue weighted by molar-refractivity contribution is 0.305. The molecule has 0 heterocycles. The third-order valence-corrected chi connectivity index (χ3v) is 3.50. The van der Waals surface area contributed by atoms with E-state index in [-0.39, 0.29) is 0 Å². The van der Waals surface area contributed by atoms with E-state index in [9.17, 15) is 0 Å². The topological polar surface area (TPSA) is 35.2 Å². The number of nitrogens with two attached hydrogens (primary N) is 1. The van der Waals surface area contributed by atoms with Crippen LogP contribution < -0.4 is 10.5 Å². The molecule has 0 fully saturated rings. The summed E-state index contributed by atoms with van der Waals surface area (Å²) >= 11 is 0. The normalized spacial score (nSPS) is 10.6. The van der Waals surface area contributed by atoms with Gasteiger partial charge in [-0.25, -0.2) is 0 Å². The molecule has 0 atom stereocenters. The maximum Gasteiger partial charge on any atom is 0.119 e. The Kier molecular flexibility index (Phi) is 5.19. The summed E-state index contributed by atoms with van der Waals surface area (Å²) in [6.45, 7) is 5.48. The van der Waals surface area contributed by atoms with Crippen LogP contribution in [0.15, 0.2) is 42.5 Å². The van der Waals surface area contributed by atoms with Gasteiger partial charge in [-0.2, -0.15) is 0 Å². The van der Waals surface area contributed by atoms with Gasteiger partial charge in [0.1, 0.15) is 12.4 Å². The second-order valence-electron chi connectivity index (χ2n) is 5.15. The fourth-order valence-electron chi connectivity index (χ4n) is 2.25. The van der Waals surface area contributed by atoms with E-state index in [2.05, 4.69) is 56.3 Å². The maximum absolute atomic E-state index is 5.85. The van der Waals surface area contributed by atoms with Crippen LogP contribution in [0.1, 0.15) is 35.6 Å². The van der Waals surface area contributed by atoms with E-state index >= 15 is 0 Å². The van der Waals surface area contributed by atoms with Gasteiger partial charge in [-0.05, 0) is 47.7 Å². The summed E-state index contributed by atoms with van der Waals surface area (Å²) in [4.78, 5) is 0. The number of rotatable bonds is 6. The first-order valence-electron chi connectivity index (χ1n) is 7.23. The molecule has 2 heteroatoms. The standard InChI is InChI=1S/C18H23NO/c1-3-4-15-6-9-18(10-7-15)20-13-17-8-5-16(12-19)11-14(17)2/h5-11H,3-4,12-13,19H2,1-2H3. The molecule has 0 aliphatic carbocycles. The van der Waals surface area contributed by atoms with Gasteiger partial charge in [-0.1, -0.05) is 43.7 Å². The van der Waals surface area contributed by atoms with Crippen molar-refractivity contribution in [2.75, 3.05) is 0 Å². The molecule has 0 amide bonds. The van der Waals surface area contributed by atoms with Gasteiger partial charge in [-0.3, -0.25) is 0 Å². The quantitative estimate of drug-likeness (QED) is 0.860. The minimum absolute atomic E-state index is 0.584. The molecule has 0 aromatic heterocycles. The zero-order chi connectivity index (χ0) is 14.4. The van der Waals surface area contributed by atoms with Crippen molar-refractivity contribution in [1.29, 1.82) is 0 Å². The minimum atomic E-state index is 0.584. The van der Waals surface area contributed by atoms with E-state index in [0.717, 1.165) is 17.7 Å². The number of hydrogen-bond acceptors (Lipinski definition) is 2. The summed E-state index contributed by atoms with van der Waals surface area (Å²) in [6, 6.07) is 14.7. The molecule has 2 N–H and O–H groups in total. The van der Waals surface area contributed by atoms with E-state index in [1.54, 1.807) is 0 Å². The van der Waals surface area contributed by atoms with Crippen molar-refractivity contribution in [2.24, 2.45) is 5.73 Å². The molecule has 0 saturated carbocycles. The Hall–Kier alpha value is -1.80. The Morgan fingerprint density at radius 2 is 1.70 bits per heavy atom. The highest BCUT2D eigenvalue weighted by molar-refractivity contribution is 5.32. The lowest BCUT2D eigenvalue weighted by Crippen LogP contribution is -2.01. The SMILES string of the molecule is CCCc1ccc(OCc2ccc(CN)cc2C)cc1. The molecule has 0 aliphatic rings. The highest BCUT2D eigenvalue weighted by Gasteiger charge is 2.01. The van der Waals surface area contributed by atoms with Crippen molar-refractivity contribution >= 4 is 0 Å². The van der Waals surface area contributed by atoms with Gasteiger partial charge in [0.2, 0.25) is 0 Å². The first kappa shape index (κ1) is 14.6. The number of aryl methyl sites for hydroxylation is 2. The maximum atomic E-state index is 5.85. The second-order valence-corrected chi connectivity index (χ2v) is 5.15. The van der Waals surface area contributed by atoms with E-state index in [1.165, 1.54) is 23.1 Å².